The third-order valence-corrected chi connectivity index (χ3v) is 3.99. The second-order valence-corrected chi connectivity index (χ2v) is 6.15. The first-order chi connectivity index (χ1) is 8.59. The van der Waals surface area contributed by atoms with Crippen molar-refractivity contribution in [2.45, 2.75) is 64.8 Å². The fourth-order valence-electron chi connectivity index (χ4n) is 2.44. The van der Waals surface area contributed by atoms with Gasteiger partial charge in [-0.25, -0.2) is 0 Å². The van der Waals surface area contributed by atoms with Crippen molar-refractivity contribution in [3.63, 3.8) is 0 Å². The molecule has 1 N–H and O–H groups in total. The summed E-state index contributed by atoms with van der Waals surface area (Å²) in [5.41, 5.74) is -0.174. The molecule has 0 aromatic carbocycles. The minimum atomic E-state index is -0.174. The minimum absolute atomic E-state index is 0.174. The van der Waals surface area contributed by atoms with Gasteiger partial charge in [0.25, 0.3) is 0 Å². The van der Waals surface area contributed by atoms with Crippen LogP contribution in [0.1, 0.15) is 58.8 Å². The SMILES string of the molecule is CC(C)(C#N)CCCCN(CCCO)C1CCC1. The van der Waals surface area contributed by atoms with E-state index in [0.29, 0.717) is 6.61 Å². The van der Waals surface area contributed by atoms with Gasteiger partial charge in [0.2, 0.25) is 0 Å². The molecule has 0 amide bonds. The Kier molecular flexibility index (Phi) is 6.67. The summed E-state index contributed by atoms with van der Waals surface area (Å²) < 4.78 is 0. The van der Waals surface area contributed by atoms with Crippen molar-refractivity contribution in [3.8, 4) is 6.07 Å². The van der Waals surface area contributed by atoms with E-state index in [4.69, 9.17) is 10.4 Å². The minimum Gasteiger partial charge on any atom is -0.396 e. The first-order valence-electron chi connectivity index (χ1n) is 7.35. The topological polar surface area (TPSA) is 47.3 Å². The second kappa shape index (κ2) is 7.76. The molecule has 0 aliphatic heterocycles. The molecule has 104 valence electrons. The van der Waals surface area contributed by atoms with E-state index < -0.39 is 0 Å². The first-order valence-corrected chi connectivity index (χ1v) is 7.35. The maximum atomic E-state index is 8.97. The predicted molar refractivity (Wildman–Crippen MR) is 74.2 cm³/mol. The second-order valence-electron chi connectivity index (χ2n) is 6.15. The van der Waals surface area contributed by atoms with Crippen LogP contribution in [0.15, 0.2) is 0 Å². The van der Waals surface area contributed by atoms with Gasteiger partial charge in [0.15, 0.2) is 0 Å². The fraction of sp³-hybridized carbons (Fsp3) is 0.933. The van der Waals surface area contributed by atoms with Crippen LogP contribution in [0.25, 0.3) is 0 Å². The van der Waals surface area contributed by atoms with Gasteiger partial charge in [-0.2, -0.15) is 5.26 Å². The lowest BCUT2D eigenvalue weighted by molar-refractivity contribution is 0.113. The van der Waals surface area contributed by atoms with Crippen LogP contribution in [0.4, 0.5) is 0 Å². The van der Waals surface area contributed by atoms with E-state index in [1.54, 1.807) is 0 Å². The van der Waals surface area contributed by atoms with Crippen LogP contribution < -0.4 is 0 Å². The molecule has 18 heavy (non-hydrogen) atoms. The summed E-state index contributed by atoms with van der Waals surface area (Å²) in [5.74, 6) is 0. The fourth-order valence-corrected chi connectivity index (χ4v) is 2.44. The molecule has 0 aromatic heterocycles. The van der Waals surface area contributed by atoms with Crippen molar-refractivity contribution in [2.24, 2.45) is 5.41 Å². The summed E-state index contributed by atoms with van der Waals surface area (Å²) in [6.07, 6.45) is 8.20. The zero-order chi connectivity index (χ0) is 13.4. The van der Waals surface area contributed by atoms with Crippen molar-refractivity contribution < 1.29 is 5.11 Å². The maximum Gasteiger partial charge on any atom is 0.0683 e. The van der Waals surface area contributed by atoms with Crippen LogP contribution >= 0.6 is 0 Å². The molecule has 0 spiro atoms. The molecule has 0 radical (unpaired) electrons. The number of aliphatic hydroxyl groups excluding tert-OH is 1. The third-order valence-electron chi connectivity index (χ3n) is 3.99. The molecular weight excluding hydrogens is 224 g/mol. The molecule has 0 aromatic rings. The number of nitriles is 1. The Morgan fingerprint density at radius 3 is 2.39 bits per heavy atom. The van der Waals surface area contributed by atoms with Gasteiger partial charge in [-0.05, 0) is 52.5 Å². The smallest absolute Gasteiger partial charge is 0.0683 e. The van der Waals surface area contributed by atoms with Gasteiger partial charge in [-0.3, -0.25) is 0 Å². The van der Waals surface area contributed by atoms with E-state index in [9.17, 15) is 0 Å². The summed E-state index contributed by atoms with van der Waals surface area (Å²) in [7, 11) is 0. The molecule has 1 rings (SSSR count). The van der Waals surface area contributed by atoms with Crippen molar-refractivity contribution >= 4 is 0 Å². The normalized spacial score (nSPS) is 16.6. The molecule has 1 saturated carbocycles. The van der Waals surface area contributed by atoms with E-state index in [-0.39, 0.29) is 5.41 Å². The molecule has 1 aliphatic carbocycles. The first kappa shape index (κ1) is 15.5. The van der Waals surface area contributed by atoms with Gasteiger partial charge in [0.05, 0.1) is 11.5 Å². The van der Waals surface area contributed by atoms with Gasteiger partial charge in [-0.15, -0.1) is 0 Å². The molecule has 0 bridgehead atoms. The summed E-state index contributed by atoms with van der Waals surface area (Å²) >= 11 is 0. The number of aliphatic hydroxyl groups is 1. The maximum absolute atomic E-state index is 8.97. The number of rotatable bonds is 9. The summed E-state index contributed by atoms with van der Waals surface area (Å²) in [6, 6.07) is 3.13. The molecule has 1 aliphatic rings. The highest BCUT2D eigenvalue weighted by Gasteiger charge is 2.24. The van der Waals surface area contributed by atoms with Gasteiger partial charge in [0, 0.05) is 19.2 Å². The molecule has 0 unspecified atom stereocenters. The Morgan fingerprint density at radius 2 is 1.89 bits per heavy atom. The molecule has 3 nitrogen and oxygen atoms in total. The molecule has 3 heteroatoms. The van der Waals surface area contributed by atoms with Crippen LogP contribution in [0.5, 0.6) is 0 Å². The number of hydrogen-bond acceptors (Lipinski definition) is 3. The highest BCUT2D eigenvalue weighted by molar-refractivity contribution is 4.91. The zero-order valence-corrected chi connectivity index (χ0v) is 12.0. The predicted octanol–water partition coefficient (Wildman–Crippen LogP) is 2.94. The van der Waals surface area contributed by atoms with Gasteiger partial charge in [0.1, 0.15) is 0 Å². The average molecular weight is 252 g/mol. The Balaban J connectivity index is 2.19. The summed E-state index contributed by atoms with van der Waals surface area (Å²) in [4.78, 5) is 2.54. The van der Waals surface area contributed by atoms with E-state index in [2.05, 4.69) is 11.0 Å². The Hall–Kier alpha value is -0.590. The monoisotopic (exact) mass is 252 g/mol. The lowest BCUT2D eigenvalue weighted by Gasteiger charge is -2.37. The van der Waals surface area contributed by atoms with Crippen molar-refractivity contribution in [1.29, 1.82) is 5.26 Å². The van der Waals surface area contributed by atoms with Crippen LogP contribution in [-0.2, 0) is 0 Å². The van der Waals surface area contributed by atoms with Crippen LogP contribution in [-0.4, -0.2) is 35.7 Å². The van der Waals surface area contributed by atoms with Crippen molar-refractivity contribution in [2.75, 3.05) is 19.7 Å². The molecule has 0 atom stereocenters. The van der Waals surface area contributed by atoms with Crippen molar-refractivity contribution in [3.05, 3.63) is 0 Å². The molecular formula is C15H28N2O. The van der Waals surface area contributed by atoms with Crippen molar-refractivity contribution in [1.82, 2.24) is 4.90 Å². The number of unbranched alkanes of at least 4 members (excludes halogenated alkanes) is 1. The standard InChI is InChI=1S/C15H28N2O/c1-15(2,13-16)9-3-4-10-17(11-6-12-18)14-7-5-8-14/h14,18H,3-12H2,1-2H3. The third kappa shape index (κ3) is 5.37. The Morgan fingerprint density at radius 1 is 1.22 bits per heavy atom. The van der Waals surface area contributed by atoms with E-state index in [1.165, 1.54) is 25.7 Å². The van der Waals surface area contributed by atoms with Gasteiger partial charge < -0.3 is 10.0 Å². The highest BCUT2D eigenvalue weighted by Crippen LogP contribution is 2.26. The molecule has 0 saturated heterocycles. The molecule has 0 heterocycles. The highest BCUT2D eigenvalue weighted by atomic mass is 16.3. The van der Waals surface area contributed by atoms with Gasteiger partial charge >= 0.3 is 0 Å². The molecule has 1 fully saturated rings. The quantitative estimate of drug-likeness (QED) is 0.642. The largest absolute Gasteiger partial charge is 0.396 e. The zero-order valence-electron chi connectivity index (χ0n) is 12.0. The van der Waals surface area contributed by atoms with Crippen LogP contribution in [0, 0.1) is 16.7 Å². The van der Waals surface area contributed by atoms with E-state index in [1.807, 2.05) is 13.8 Å². The average Bonchev–Trinajstić information content (AvgIpc) is 2.28. The summed E-state index contributed by atoms with van der Waals surface area (Å²) in [5, 5.41) is 17.9. The lowest BCUT2D eigenvalue weighted by Crippen LogP contribution is -2.41. The Labute approximate surface area is 112 Å². The Bertz CT molecular complexity index is 266. The van der Waals surface area contributed by atoms with E-state index in [0.717, 1.165) is 38.4 Å². The van der Waals surface area contributed by atoms with Crippen LogP contribution in [0.3, 0.4) is 0 Å². The summed E-state index contributed by atoms with van der Waals surface area (Å²) in [6.45, 7) is 6.49. The number of nitrogens with zero attached hydrogens (tertiary/aromatic N) is 2. The van der Waals surface area contributed by atoms with Gasteiger partial charge in [-0.1, -0.05) is 12.8 Å². The van der Waals surface area contributed by atoms with E-state index >= 15 is 0 Å². The number of hydrogen-bond donors (Lipinski definition) is 1. The lowest BCUT2D eigenvalue weighted by atomic mass is 9.88. The van der Waals surface area contributed by atoms with Crippen LogP contribution in [0.2, 0.25) is 0 Å².